The minimum absolute atomic E-state index is 0.196. The number of carbonyl (C=O) groups is 1. The lowest BCUT2D eigenvalue weighted by molar-refractivity contribution is -0.136. The summed E-state index contributed by atoms with van der Waals surface area (Å²) in [6, 6.07) is 19.3. The van der Waals surface area contributed by atoms with Crippen LogP contribution in [0.25, 0.3) is 11.6 Å². The molecule has 20 heavy (non-hydrogen) atoms. The summed E-state index contributed by atoms with van der Waals surface area (Å²) in [7, 11) is 0. The lowest BCUT2D eigenvalue weighted by atomic mass is 10.1. The van der Waals surface area contributed by atoms with Crippen LogP contribution >= 0.6 is 0 Å². The van der Waals surface area contributed by atoms with Crippen LogP contribution < -0.4 is 0 Å². The molecule has 0 fully saturated rings. The number of esters is 1. The molecule has 0 aliphatic rings. The number of benzene rings is 2. The zero-order chi connectivity index (χ0) is 14.2. The summed E-state index contributed by atoms with van der Waals surface area (Å²) < 4.78 is 5.15. The molecule has 0 atom stereocenters. The van der Waals surface area contributed by atoms with Gasteiger partial charge in [0.25, 0.3) is 0 Å². The molecule has 2 nitrogen and oxygen atoms in total. The van der Waals surface area contributed by atoms with Gasteiger partial charge >= 0.3 is 5.97 Å². The highest BCUT2D eigenvalue weighted by atomic mass is 16.5. The first-order valence-corrected chi connectivity index (χ1v) is 6.39. The van der Waals surface area contributed by atoms with E-state index < -0.39 is 0 Å². The molecule has 0 N–H and O–H groups in total. The molecule has 0 heterocycles. The van der Waals surface area contributed by atoms with Crippen molar-refractivity contribution in [3.05, 3.63) is 84.4 Å². The number of hydrogen-bond acceptors (Lipinski definition) is 2. The molecule has 100 valence electrons. The van der Waals surface area contributed by atoms with Crippen LogP contribution in [-0.2, 0) is 9.53 Å². The highest BCUT2D eigenvalue weighted by Crippen LogP contribution is 2.11. The smallest absolute Gasteiger partial charge is 0.331 e. The first kappa shape index (κ1) is 13.8. The Morgan fingerprint density at radius 1 is 1.00 bits per heavy atom. The molecule has 0 amide bonds. The van der Waals surface area contributed by atoms with Crippen molar-refractivity contribution in [2.24, 2.45) is 0 Å². The third-order valence-corrected chi connectivity index (χ3v) is 2.78. The van der Waals surface area contributed by atoms with E-state index in [0.717, 1.165) is 16.7 Å². The molecule has 0 aliphatic heterocycles. The van der Waals surface area contributed by atoms with Crippen molar-refractivity contribution in [1.82, 2.24) is 0 Å². The van der Waals surface area contributed by atoms with Crippen LogP contribution in [0.2, 0.25) is 0 Å². The van der Waals surface area contributed by atoms with Crippen molar-refractivity contribution in [2.45, 2.75) is 0 Å². The molecule has 2 rings (SSSR count). The predicted octanol–water partition coefficient (Wildman–Crippen LogP) is 3.96. The van der Waals surface area contributed by atoms with Crippen LogP contribution in [0.5, 0.6) is 0 Å². The Balaban J connectivity index is 1.84. The van der Waals surface area contributed by atoms with Crippen LogP contribution in [0.3, 0.4) is 0 Å². The highest BCUT2D eigenvalue weighted by molar-refractivity contribution is 5.87. The van der Waals surface area contributed by atoms with Crippen LogP contribution in [0, 0.1) is 0 Å². The molecule has 0 radical (unpaired) electrons. The van der Waals surface area contributed by atoms with Gasteiger partial charge in [0.15, 0.2) is 0 Å². The molecular formula is C18H16O2. The van der Waals surface area contributed by atoms with E-state index in [1.165, 1.54) is 6.08 Å². The van der Waals surface area contributed by atoms with Gasteiger partial charge in [-0.1, -0.05) is 67.2 Å². The van der Waals surface area contributed by atoms with Gasteiger partial charge in [-0.3, -0.25) is 0 Å². The summed E-state index contributed by atoms with van der Waals surface area (Å²) in [5.74, 6) is -0.370. The summed E-state index contributed by atoms with van der Waals surface area (Å²) in [6.45, 7) is 4.11. The Morgan fingerprint density at radius 2 is 1.60 bits per heavy atom. The van der Waals surface area contributed by atoms with Crippen molar-refractivity contribution >= 4 is 17.6 Å². The van der Waals surface area contributed by atoms with Gasteiger partial charge < -0.3 is 4.74 Å². The van der Waals surface area contributed by atoms with Gasteiger partial charge in [-0.05, 0) is 22.8 Å². The molecule has 0 aliphatic carbocycles. The highest BCUT2D eigenvalue weighted by Gasteiger charge is 2.01. The van der Waals surface area contributed by atoms with Gasteiger partial charge in [0.2, 0.25) is 0 Å². The Labute approximate surface area is 119 Å². The molecule has 0 bridgehead atoms. The van der Waals surface area contributed by atoms with E-state index >= 15 is 0 Å². The fourth-order valence-electron chi connectivity index (χ4n) is 1.69. The summed E-state index contributed by atoms with van der Waals surface area (Å²) in [4.78, 5) is 11.6. The topological polar surface area (TPSA) is 26.3 Å². The van der Waals surface area contributed by atoms with Crippen molar-refractivity contribution in [1.29, 1.82) is 0 Å². The molecule has 2 aromatic rings. The molecule has 0 unspecified atom stereocenters. The monoisotopic (exact) mass is 264 g/mol. The number of hydrogen-bond donors (Lipinski definition) is 0. The summed E-state index contributed by atoms with van der Waals surface area (Å²) in [5.41, 5.74) is 2.73. The quantitative estimate of drug-likeness (QED) is 0.603. The fraction of sp³-hybridized carbons (Fsp3) is 0.0556. The molecule has 0 spiro atoms. The van der Waals surface area contributed by atoms with E-state index in [9.17, 15) is 4.79 Å². The predicted molar refractivity (Wildman–Crippen MR) is 81.9 cm³/mol. The van der Waals surface area contributed by atoms with Gasteiger partial charge in [-0.15, -0.1) is 0 Å². The average molecular weight is 264 g/mol. The van der Waals surface area contributed by atoms with Crippen LogP contribution in [-0.4, -0.2) is 12.6 Å². The average Bonchev–Trinajstić information content (AvgIpc) is 2.52. The lowest BCUT2D eigenvalue weighted by Gasteiger charge is -2.05. The summed E-state index contributed by atoms with van der Waals surface area (Å²) >= 11 is 0. The first-order chi connectivity index (χ1) is 9.75. The van der Waals surface area contributed by atoms with Crippen molar-refractivity contribution in [3.8, 4) is 0 Å². The molecule has 2 aromatic carbocycles. The van der Waals surface area contributed by atoms with E-state index in [2.05, 4.69) is 6.58 Å². The molecular weight excluding hydrogens is 248 g/mol. The number of carbonyl (C=O) groups excluding carboxylic acids is 1. The van der Waals surface area contributed by atoms with E-state index in [4.69, 9.17) is 4.74 Å². The molecule has 2 heteroatoms. The standard InChI is InChI=1S/C18H16O2/c1-15(17-10-6-3-7-11-17)14-20-18(19)13-12-16-8-4-2-5-9-16/h2-13H,1,14H2. The Hall–Kier alpha value is -2.61. The Bertz CT molecular complexity index is 598. The third-order valence-electron chi connectivity index (χ3n) is 2.78. The molecule has 0 aromatic heterocycles. The van der Waals surface area contributed by atoms with Gasteiger partial charge in [0, 0.05) is 6.08 Å². The van der Waals surface area contributed by atoms with Crippen LogP contribution in [0.1, 0.15) is 11.1 Å². The van der Waals surface area contributed by atoms with Crippen LogP contribution in [0.15, 0.2) is 73.3 Å². The van der Waals surface area contributed by atoms with E-state index in [-0.39, 0.29) is 12.6 Å². The molecule has 0 saturated carbocycles. The van der Waals surface area contributed by atoms with E-state index in [1.54, 1.807) is 6.08 Å². The van der Waals surface area contributed by atoms with Crippen LogP contribution in [0.4, 0.5) is 0 Å². The van der Waals surface area contributed by atoms with Crippen molar-refractivity contribution in [3.63, 3.8) is 0 Å². The largest absolute Gasteiger partial charge is 0.458 e. The maximum atomic E-state index is 11.6. The van der Waals surface area contributed by atoms with Gasteiger partial charge in [-0.2, -0.15) is 0 Å². The van der Waals surface area contributed by atoms with Gasteiger partial charge in [-0.25, -0.2) is 4.79 Å². The number of rotatable bonds is 5. The van der Waals surface area contributed by atoms with E-state index in [1.807, 2.05) is 60.7 Å². The third kappa shape index (κ3) is 4.25. The second-order valence-electron chi connectivity index (χ2n) is 4.32. The summed E-state index contributed by atoms with van der Waals surface area (Å²) in [6.07, 6.45) is 3.15. The molecule has 0 saturated heterocycles. The normalized spacial score (nSPS) is 10.4. The van der Waals surface area contributed by atoms with Crippen molar-refractivity contribution in [2.75, 3.05) is 6.61 Å². The minimum atomic E-state index is -0.370. The van der Waals surface area contributed by atoms with Gasteiger partial charge in [0.05, 0.1) is 0 Å². The Kier molecular flexibility index (Phi) is 4.90. The SMILES string of the molecule is C=C(COC(=O)C=Cc1ccccc1)c1ccccc1. The van der Waals surface area contributed by atoms with E-state index in [0.29, 0.717) is 0 Å². The lowest BCUT2D eigenvalue weighted by Crippen LogP contribution is -2.03. The maximum absolute atomic E-state index is 11.6. The second-order valence-corrected chi connectivity index (χ2v) is 4.32. The second kappa shape index (κ2) is 7.10. The fourth-order valence-corrected chi connectivity index (χ4v) is 1.69. The minimum Gasteiger partial charge on any atom is -0.458 e. The van der Waals surface area contributed by atoms with Gasteiger partial charge in [0.1, 0.15) is 6.61 Å². The number of ether oxygens (including phenoxy) is 1. The van der Waals surface area contributed by atoms with Crippen molar-refractivity contribution < 1.29 is 9.53 Å². The Morgan fingerprint density at radius 3 is 2.25 bits per heavy atom. The maximum Gasteiger partial charge on any atom is 0.331 e. The first-order valence-electron chi connectivity index (χ1n) is 6.39. The zero-order valence-electron chi connectivity index (χ0n) is 11.2. The summed E-state index contributed by atoms with van der Waals surface area (Å²) in [5, 5.41) is 0. The zero-order valence-corrected chi connectivity index (χ0v) is 11.2.